The van der Waals surface area contributed by atoms with Crippen LogP contribution in [0.3, 0.4) is 0 Å². The summed E-state index contributed by atoms with van der Waals surface area (Å²) in [6, 6.07) is 24.5. The normalized spacial score (nSPS) is 12.1. The third kappa shape index (κ3) is 3.98. The first-order valence-corrected chi connectivity index (χ1v) is 10.2. The minimum Gasteiger partial charge on any atom is -0.322 e. The Bertz CT molecular complexity index is 1180. The van der Waals surface area contributed by atoms with Gasteiger partial charge in [0, 0.05) is 6.04 Å². The summed E-state index contributed by atoms with van der Waals surface area (Å²) in [5, 5.41) is 13.4. The molecule has 30 heavy (non-hydrogen) atoms. The van der Waals surface area contributed by atoms with Gasteiger partial charge in [-0.05, 0) is 49.2 Å². The molecule has 0 saturated carbocycles. The predicted octanol–water partition coefficient (Wildman–Crippen LogP) is 4.93. The zero-order valence-electron chi connectivity index (χ0n) is 17.5. The van der Waals surface area contributed by atoms with Crippen molar-refractivity contribution in [3.8, 4) is 5.69 Å². The molecule has 0 aliphatic carbocycles. The van der Waals surface area contributed by atoms with Crippen molar-refractivity contribution in [2.75, 3.05) is 11.9 Å². The van der Waals surface area contributed by atoms with Crippen molar-refractivity contribution in [3.05, 3.63) is 89.7 Å². The number of para-hydroxylation sites is 1. The van der Waals surface area contributed by atoms with E-state index in [1.54, 1.807) is 0 Å². The van der Waals surface area contributed by atoms with Crippen LogP contribution in [-0.4, -0.2) is 22.2 Å². The molecule has 0 aliphatic rings. The van der Waals surface area contributed by atoms with E-state index in [0.29, 0.717) is 0 Å². The molecule has 152 valence electrons. The van der Waals surface area contributed by atoms with Crippen LogP contribution in [0, 0.1) is 13.8 Å². The SMILES string of the molecule is Cc1nn(-c2ccccc2)c(C)c1NC(=O)CN[C@@H](C)c1cccc2ccccc12. The van der Waals surface area contributed by atoms with E-state index < -0.39 is 0 Å². The second-order valence-corrected chi connectivity index (χ2v) is 7.51. The second kappa shape index (κ2) is 8.51. The van der Waals surface area contributed by atoms with Crippen LogP contribution in [0.2, 0.25) is 0 Å². The van der Waals surface area contributed by atoms with Gasteiger partial charge in [0.25, 0.3) is 0 Å². The zero-order valence-corrected chi connectivity index (χ0v) is 17.5. The highest BCUT2D eigenvalue weighted by Gasteiger charge is 2.16. The number of rotatable bonds is 6. The molecule has 3 aromatic carbocycles. The van der Waals surface area contributed by atoms with Crippen molar-refractivity contribution in [2.24, 2.45) is 0 Å². The van der Waals surface area contributed by atoms with Gasteiger partial charge in [-0.15, -0.1) is 0 Å². The number of carbonyl (C=O) groups excluding carboxylic acids is 1. The molecule has 1 heterocycles. The van der Waals surface area contributed by atoms with Crippen molar-refractivity contribution in [1.29, 1.82) is 0 Å². The number of aromatic nitrogens is 2. The van der Waals surface area contributed by atoms with Gasteiger partial charge >= 0.3 is 0 Å². The van der Waals surface area contributed by atoms with E-state index in [2.05, 4.69) is 53.0 Å². The van der Waals surface area contributed by atoms with Crippen LogP contribution in [-0.2, 0) is 4.79 Å². The van der Waals surface area contributed by atoms with Gasteiger partial charge in [-0.1, -0.05) is 60.7 Å². The Morgan fingerprint density at radius 1 is 0.967 bits per heavy atom. The number of nitrogens with zero attached hydrogens (tertiary/aromatic N) is 2. The van der Waals surface area contributed by atoms with Crippen molar-refractivity contribution in [3.63, 3.8) is 0 Å². The Hall–Kier alpha value is -3.44. The van der Waals surface area contributed by atoms with E-state index in [4.69, 9.17) is 0 Å². The molecule has 5 heteroatoms. The van der Waals surface area contributed by atoms with Crippen molar-refractivity contribution >= 4 is 22.4 Å². The molecule has 0 radical (unpaired) electrons. The average Bonchev–Trinajstić information content (AvgIpc) is 3.06. The van der Waals surface area contributed by atoms with E-state index in [1.807, 2.05) is 61.0 Å². The fourth-order valence-electron chi connectivity index (χ4n) is 3.81. The number of amides is 1. The van der Waals surface area contributed by atoms with Gasteiger partial charge < -0.3 is 10.6 Å². The first-order valence-electron chi connectivity index (χ1n) is 10.2. The lowest BCUT2D eigenvalue weighted by atomic mass is 10.00. The molecule has 5 nitrogen and oxygen atoms in total. The fraction of sp³-hybridized carbons (Fsp3) is 0.200. The molecule has 1 amide bonds. The predicted molar refractivity (Wildman–Crippen MR) is 122 cm³/mol. The highest BCUT2D eigenvalue weighted by molar-refractivity contribution is 5.93. The molecule has 0 aliphatic heterocycles. The maximum absolute atomic E-state index is 12.7. The molecule has 0 unspecified atom stereocenters. The third-order valence-electron chi connectivity index (χ3n) is 5.42. The standard InChI is InChI=1S/C25H26N4O/c1-17(22-15-9-11-20-10-7-8-14-23(20)22)26-16-24(30)27-25-18(2)28-29(19(25)3)21-12-5-4-6-13-21/h4-15,17,26H,16H2,1-3H3,(H,27,30)/t17-/m0/s1. The van der Waals surface area contributed by atoms with E-state index >= 15 is 0 Å². The molecule has 0 fully saturated rings. The van der Waals surface area contributed by atoms with Crippen molar-refractivity contribution in [1.82, 2.24) is 15.1 Å². The number of benzene rings is 3. The quantitative estimate of drug-likeness (QED) is 0.484. The molecule has 2 N–H and O–H groups in total. The summed E-state index contributed by atoms with van der Waals surface area (Å²) < 4.78 is 1.86. The molecule has 4 rings (SSSR count). The molecule has 0 saturated heterocycles. The lowest BCUT2D eigenvalue weighted by molar-refractivity contribution is -0.115. The minimum absolute atomic E-state index is 0.0519. The smallest absolute Gasteiger partial charge is 0.238 e. The third-order valence-corrected chi connectivity index (χ3v) is 5.42. The highest BCUT2D eigenvalue weighted by Crippen LogP contribution is 2.25. The van der Waals surface area contributed by atoms with Crippen molar-refractivity contribution < 1.29 is 4.79 Å². The lowest BCUT2D eigenvalue weighted by Crippen LogP contribution is -2.30. The number of fused-ring (bicyclic) bond motifs is 1. The van der Waals surface area contributed by atoms with Crippen LogP contribution < -0.4 is 10.6 Å². The number of hydrogen-bond donors (Lipinski definition) is 2. The first-order chi connectivity index (χ1) is 14.5. The Morgan fingerprint density at radius 3 is 2.47 bits per heavy atom. The summed E-state index contributed by atoms with van der Waals surface area (Å²) in [5.74, 6) is -0.0825. The van der Waals surface area contributed by atoms with E-state index in [0.717, 1.165) is 22.8 Å². The van der Waals surface area contributed by atoms with Gasteiger partial charge in [0.05, 0.1) is 29.3 Å². The summed E-state index contributed by atoms with van der Waals surface area (Å²) in [5.41, 5.74) is 4.64. The lowest BCUT2D eigenvalue weighted by Gasteiger charge is -2.16. The zero-order chi connectivity index (χ0) is 21.1. The fourth-order valence-corrected chi connectivity index (χ4v) is 3.81. The van der Waals surface area contributed by atoms with Gasteiger partial charge in [-0.25, -0.2) is 4.68 Å². The van der Waals surface area contributed by atoms with Gasteiger partial charge in [-0.2, -0.15) is 5.10 Å². The molecular formula is C25H26N4O. The summed E-state index contributed by atoms with van der Waals surface area (Å²) in [6.45, 7) is 6.18. The number of carbonyl (C=O) groups is 1. The summed E-state index contributed by atoms with van der Waals surface area (Å²) >= 11 is 0. The maximum Gasteiger partial charge on any atom is 0.238 e. The number of hydrogen-bond acceptors (Lipinski definition) is 3. The molecule has 1 aromatic heterocycles. The van der Waals surface area contributed by atoms with Crippen LogP contribution >= 0.6 is 0 Å². The van der Waals surface area contributed by atoms with Gasteiger partial charge in [0.1, 0.15) is 0 Å². The summed E-state index contributed by atoms with van der Waals surface area (Å²) in [7, 11) is 0. The Balaban J connectivity index is 1.45. The highest BCUT2D eigenvalue weighted by atomic mass is 16.1. The number of nitrogens with one attached hydrogen (secondary N) is 2. The Labute approximate surface area is 176 Å². The molecule has 1 atom stereocenters. The van der Waals surface area contributed by atoms with Crippen LogP contribution in [0.4, 0.5) is 5.69 Å². The summed E-state index contributed by atoms with van der Waals surface area (Å²) in [4.78, 5) is 12.7. The number of anilines is 1. The second-order valence-electron chi connectivity index (χ2n) is 7.51. The van der Waals surface area contributed by atoms with Crippen LogP contribution in [0.15, 0.2) is 72.8 Å². The van der Waals surface area contributed by atoms with Gasteiger partial charge in [0.2, 0.25) is 5.91 Å². The van der Waals surface area contributed by atoms with Crippen molar-refractivity contribution in [2.45, 2.75) is 26.8 Å². The van der Waals surface area contributed by atoms with E-state index in [1.165, 1.54) is 16.3 Å². The van der Waals surface area contributed by atoms with Crippen LogP contribution in [0.5, 0.6) is 0 Å². The van der Waals surface area contributed by atoms with Gasteiger partial charge in [-0.3, -0.25) is 4.79 Å². The van der Waals surface area contributed by atoms with Crippen LogP contribution in [0.25, 0.3) is 16.5 Å². The largest absolute Gasteiger partial charge is 0.322 e. The Kier molecular flexibility index (Phi) is 5.63. The van der Waals surface area contributed by atoms with E-state index in [9.17, 15) is 4.79 Å². The molecule has 0 bridgehead atoms. The average molecular weight is 399 g/mol. The Morgan fingerprint density at radius 2 is 1.67 bits per heavy atom. The minimum atomic E-state index is -0.0825. The monoisotopic (exact) mass is 398 g/mol. The molecular weight excluding hydrogens is 372 g/mol. The maximum atomic E-state index is 12.7. The molecule has 4 aromatic rings. The number of aryl methyl sites for hydroxylation is 1. The first kappa shape index (κ1) is 19.9. The van der Waals surface area contributed by atoms with Crippen LogP contribution in [0.1, 0.15) is 29.9 Å². The van der Waals surface area contributed by atoms with E-state index in [-0.39, 0.29) is 18.5 Å². The summed E-state index contributed by atoms with van der Waals surface area (Å²) in [6.07, 6.45) is 0. The van der Waals surface area contributed by atoms with Gasteiger partial charge in [0.15, 0.2) is 0 Å². The molecule has 0 spiro atoms. The topological polar surface area (TPSA) is 59.0 Å².